The van der Waals surface area contributed by atoms with Gasteiger partial charge in [-0.2, -0.15) is 5.10 Å². The van der Waals surface area contributed by atoms with Crippen LogP contribution in [0.5, 0.6) is 11.5 Å². The molecule has 1 atom stereocenters. The molecule has 5 rings (SSSR count). The topological polar surface area (TPSA) is 86.1 Å². The van der Waals surface area contributed by atoms with Crippen LogP contribution in [0.15, 0.2) is 85.3 Å². The number of nitrogens with one attached hydrogen (secondary N) is 1. The lowest BCUT2D eigenvalue weighted by Crippen LogP contribution is -2.22. The lowest BCUT2D eigenvalue weighted by Gasteiger charge is -2.18. The molecule has 210 valence electrons. The Morgan fingerprint density at radius 2 is 1.80 bits per heavy atom. The highest BCUT2D eigenvalue weighted by atomic mass is 31.2. The fourth-order valence-corrected chi connectivity index (χ4v) is 6.39. The van der Waals surface area contributed by atoms with Gasteiger partial charge in [-0.1, -0.05) is 36.4 Å². The molecule has 41 heavy (non-hydrogen) atoms. The monoisotopic (exact) mass is 570 g/mol. The molecule has 0 aliphatic rings. The average molecular weight is 571 g/mol. The van der Waals surface area contributed by atoms with E-state index in [9.17, 15) is 9.36 Å². The number of amides is 1. The summed E-state index contributed by atoms with van der Waals surface area (Å²) in [5, 5.41) is 9.13. The van der Waals surface area contributed by atoms with Crippen molar-refractivity contribution in [1.29, 1.82) is 0 Å². The molecule has 0 fully saturated rings. The Balaban J connectivity index is 1.38. The number of halogens is 1. The van der Waals surface area contributed by atoms with Crippen LogP contribution in [0, 0.1) is 12.7 Å². The molecule has 0 aliphatic heterocycles. The lowest BCUT2D eigenvalue weighted by molar-refractivity contribution is -0.115. The molecule has 1 N–H and O–H groups in total. The highest BCUT2D eigenvalue weighted by Gasteiger charge is 2.22. The van der Waals surface area contributed by atoms with Gasteiger partial charge in [-0.25, -0.2) is 4.39 Å². The number of hydrogen-bond acceptors (Lipinski definition) is 5. The van der Waals surface area contributed by atoms with E-state index in [2.05, 4.69) is 15.4 Å². The number of carbonyl (C=O) groups excluding carboxylic acids is 1. The molecule has 2 aromatic heterocycles. The maximum Gasteiger partial charge on any atom is 0.228 e. The predicted octanol–water partition coefficient (Wildman–Crippen LogP) is 6.55. The molecule has 0 saturated heterocycles. The largest absolute Gasteiger partial charge is 0.453 e. The first kappa shape index (κ1) is 28.2. The molecule has 3 aromatic carbocycles. The number of benzene rings is 3. The van der Waals surface area contributed by atoms with E-state index in [1.165, 1.54) is 6.07 Å². The molecule has 2 heterocycles. The summed E-state index contributed by atoms with van der Waals surface area (Å²) in [6, 6.07) is 19.4. The molecule has 0 unspecified atom stereocenters. The van der Waals surface area contributed by atoms with Crippen LogP contribution in [0.4, 0.5) is 10.1 Å². The standard InChI is InChI=1S/C32H32FN4O3P/c1-21-15-22(17-30(38)36-23-19-35-37(20-23)32(2,3)4)16-27(33)31(21)40-29-13-14-34-28-12-11-25(18-26(28)29)41(5,39)24-9-7-6-8-10-24/h6-16,18-20H,17H2,1-5H3,(H,36,38)/t41-/m1/s1. The number of nitrogens with zero attached hydrogens (tertiary/aromatic N) is 3. The number of pyridine rings is 1. The fourth-order valence-electron chi connectivity index (χ4n) is 4.61. The van der Waals surface area contributed by atoms with E-state index in [1.54, 1.807) is 61.1 Å². The van der Waals surface area contributed by atoms with E-state index >= 15 is 4.39 Å². The van der Waals surface area contributed by atoms with E-state index in [1.807, 2.05) is 57.2 Å². The first-order chi connectivity index (χ1) is 19.4. The van der Waals surface area contributed by atoms with Crippen molar-refractivity contribution in [1.82, 2.24) is 14.8 Å². The summed E-state index contributed by atoms with van der Waals surface area (Å²) in [5.41, 5.74) is 2.07. The zero-order valence-electron chi connectivity index (χ0n) is 23.7. The van der Waals surface area contributed by atoms with Crippen LogP contribution in [0.25, 0.3) is 10.9 Å². The van der Waals surface area contributed by atoms with Gasteiger partial charge in [0.1, 0.15) is 12.9 Å². The van der Waals surface area contributed by atoms with Gasteiger partial charge in [-0.3, -0.25) is 14.5 Å². The van der Waals surface area contributed by atoms with Crippen molar-refractivity contribution in [3.8, 4) is 11.5 Å². The Morgan fingerprint density at radius 1 is 1.05 bits per heavy atom. The van der Waals surface area contributed by atoms with Crippen LogP contribution in [0.2, 0.25) is 0 Å². The molecule has 0 radical (unpaired) electrons. The molecule has 0 saturated carbocycles. The Hall–Kier alpha value is -4.29. The smallest absolute Gasteiger partial charge is 0.228 e. The van der Waals surface area contributed by atoms with Crippen LogP contribution in [-0.2, 0) is 21.3 Å². The SMILES string of the molecule is Cc1cc(CC(=O)Nc2cnn(C(C)(C)C)c2)cc(F)c1Oc1ccnc2ccc([P@](C)(=O)c3ccccc3)cc12. The van der Waals surface area contributed by atoms with E-state index < -0.39 is 13.0 Å². The highest BCUT2D eigenvalue weighted by Crippen LogP contribution is 2.41. The molecular weight excluding hydrogens is 538 g/mol. The van der Waals surface area contributed by atoms with Gasteiger partial charge in [0.2, 0.25) is 5.91 Å². The van der Waals surface area contributed by atoms with Crippen molar-refractivity contribution in [2.75, 3.05) is 12.0 Å². The quantitative estimate of drug-likeness (QED) is 0.224. The molecule has 5 aromatic rings. The van der Waals surface area contributed by atoms with Gasteiger partial charge in [0.25, 0.3) is 0 Å². The maximum atomic E-state index is 15.4. The van der Waals surface area contributed by atoms with Crippen molar-refractivity contribution >= 4 is 40.2 Å². The van der Waals surface area contributed by atoms with Crippen LogP contribution in [0.3, 0.4) is 0 Å². The Labute approximate surface area is 238 Å². The lowest BCUT2D eigenvalue weighted by atomic mass is 10.1. The third kappa shape index (κ3) is 6.08. The zero-order chi connectivity index (χ0) is 29.4. The first-order valence-corrected chi connectivity index (χ1v) is 15.4. The van der Waals surface area contributed by atoms with Gasteiger partial charge >= 0.3 is 0 Å². The van der Waals surface area contributed by atoms with Crippen LogP contribution in [-0.4, -0.2) is 27.3 Å². The molecule has 7 nitrogen and oxygen atoms in total. The minimum absolute atomic E-state index is 0.00838. The van der Waals surface area contributed by atoms with Crippen LogP contribution in [0.1, 0.15) is 31.9 Å². The minimum Gasteiger partial charge on any atom is -0.453 e. The second-order valence-corrected chi connectivity index (χ2v) is 14.0. The number of carbonyl (C=O) groups is 1. The molecule has 1 amide bonds. The summed E-state index contributed by atoms with van der Waals surface area (Å²) >= 11 is 0. The van der Waals surface area contributed by atoms with Gasteiger partial charge in [-0.05, 0) is 75.8 Å². The summed E-state index contributed by atoms with van der Waals surface area (Å²) in [7, 11) is -2.88. The van der Waals surface area contributed by atoms with Crippen LogP contribution < -0.4 is 20.7 Å². The van der Waals surface area contributed by atoms with Crippen molar-refractivity contribution in [2.24, 2.45) is 0 Å². The van der Waals surface area contributed by atoms with E-state index in [4.69, 9.17) is 4.74 Å². The number of hydrogen-bond donors (Lipinski definition) is 1. The number of anilines is 1. The van der Waals surface area contributed by atoms with Gasteiger partial charge in [0.15, 0.2) is 11.6 Å². The minimum atomic E-state index is -2.88. The van der Waals surface area contributed by atoms with Crippen molar-refractivity contribution in [3.05, 3.63) is 102 Å². The summed E-state index contributed by atoms with van der Waals surface area (Å²) in [4.78, 5) is 17.1. The van der Waals surface area contributed by atoms with Gasteiger partial charge in [0, 0.05) is 28.4 Å². The van der Waals surface area contributed by atoms with Crippen molar-refractivity contribution in [3.63, 3.8) is 0 Å². The Morgan fingerprint density at radius 3 is 2.49 bits per heavy atom. The maximum absolute atomic E-state index is 15.4. The molecule has 0 spiro atoms. The zero-order valence-corrected chi connectivity index (χ0v) is 24.6. The van der Waals surface area contributed by atoms with Gasteiger partial charge < -0.3 is 14.6 Å². The van der Waals surface area contributed by atoms with Gasteiger partial charge in [0.05, 0.1) is 29.4 Å². The van der Waals surface area contributed by atoms with Crippen molar-refractivity contribution < 1.29 is 18.5 Å². The van der Waals surface area contributed by atoms with Gasteiger partial charge in [-0.15, -0.1) is 0 Å². The number of aryl methyl sites for hydroxylation is 1. The summed E-state index contributed by atoms with van der Waals surface area (Å²) in [6.45, 7) is 9.51. The summed E-state index contributed by atoms with van der Waals surface area (Å²) in [5.74, 6) is -0.407. The third-order valence-electron chi connectivity index (χ3n) is 6.85. The predicted molar refractivity (Wildman–Crippen MR) is 162 cm³/mol. The average Bonchev–Trinajstić information content (AvgIpc) is 3.40. The molecular formula is C32H32FN4O3P. The Kier molecular flexibility index (Phi) is 7.54. The number of ether oxygens (including phenoxy) is 1. The van der Waals surface area contributed by atoms with E-state index in [0.717, 1.165) is 5.30 Å². The summed E-state index contributed by atoms with van der Waals surface area (Å²) in [6.07, 6.45) is 4.94. The normalized spacial score (nSPS) is 13.1. The highest BCUT2D eigenvalue weighted by molar-refractivity contribution is 7.78. The molecule has 9 heteroatoms. The second kappa shape index (κ2) is 10.9. The Bertz CT molecular complexity index is 1770. The number of rotatable bonds is 7. The first-order valence-electron chi connectivity index (χ1n) is 13.3. The summed E-state index contributed by atoms with van der Waals surface area (Å²) < 4.78 is 37.0. The third-order valence-corrected chi connectivity index (χ3v) is 9.39. The number of fused-ring (bicyclic) bond motifs is 1. The van der Waals surface area contributed by atoms with Crippen molar-refractivity contribution in [2.45, 2.75) is 39.7 Å². The fraction of sp³-hybridized carbons (Fsp3) is 0.219. The number of aromatic nitrogens is 3. The second-order valence-electron chi connectivity index (χ2n) is 11.2. The molecule has 0 bridgehead atoms. The van der Waals surface area contributed by atoms with Crippen LogP contribution >= 0.6 is 7.14 Å². The molecule has 0 aliphatic carbocycles. The van der Waals surface area contributed by atoms with E-state index in [0.29, 0.717) is 38.8 Å². The van der Waals surface area contributed by atoms with E-state index in [-0.39, 0.29) is 23.6 Å².